The van der Waals surface area contributed by atoms with Gasteiger partial charge in [-0.15, -0.1) is 0 Å². The maximum Gasteiger partial charge on any atom is 0.211 e. The minimum atomic E-state index is -3.13. The number of hydrogen-bond acceptors (Lipinski definition) is 3. The zero-order valence-electron chi connectivity index (χ0n) is 11.8. The van der Waals surface area contributed by atoms with Crippen molar-refractivity contribution < 1.29 is 8.42 Å². The van der Waals surface area contributed by atoms with Gasteiger partial charge in [0, 0.05) is 6.04 Å². The normalized spacial score (nSPS) is 14.9. The molecule has 0 aromatic heterocycles. The predicted octanol–water partition coefficient (Wildman–Crippen LogP) is 1.73. The van der Waals surface area contributed by atoms with E-state index in [0.29, 0.717) is 6.42 Å². The third kappa shape index (κ3) is 8.57. The fourth-order valence-electron chi connectivity index (χ4n) is 1.22. The molecule has 0 bridgehead atoms. The molecule has 0 saturated carbocycles. The lowest BCUT2D eigenvalue weighted by Gasteiger charge is -2.27. The minimum Gasteiger partial charge on any atom is -0.317 e. The Labute approximate surface area is 107 Å². The second-order valence-electron chi connectivity index (χ2n) is 5.59. The molecule has 0 radical (unpaired) electrons. The van der Waals surface area contributed by atoms with E-state index in [0.717, 1.165) is 19.5 Å². The summed E-state index contributed by atoms with van der Waals surface area (Å²) in [6, 6.07) is -0.0405. The maximum absolute atomic E-state index is 11.8. The van der Waals surface area contributed by atoms with Crippen LogP contribution in [0, 0.1) is 5.41 Å². The van der Waals surface area contributed by atoms with Crippen LogP contribution >= 0.6 is 0 Å². The first-order chi connectivity index (χ1) is 7.69. The average Bonchev–Trinajstić information content (AvgIpc) is 2.15. The topological polar surface area (TPSA) is 58.2 Å². The smallest absolute Gasteiger partial charge is 0.211 e. The number of sulfonamides is 1. The Hall–Kier alpha value is -0.130. The molecule has 0 aliphatic carbocycles. The van der Waals surface area contributed by atoms with Crippen LogP contribution in [-0.2, 0) is 10.0 Å². The van der Waals surface area contributed by atoms with Crippen molar-refractivity contribution in [3.8, 4) is 0 Å². The quantitative estimate of drug-likeness (QED) is 0.656. The van der Waals surface area contributed by atoms with E-state index in [1.165, 1.54) is 0 Å². The molecular formula is C12H28N2O2S. The van der Waals surface area contributed by atoms with Gasteiger partial charge in [-0.25, -0.2) is 13.1 Å². The molecule has 17 heavy (non-hydrogen) atoms. The summed E-state index contributed by atoms with van der Waals surface area (Å²) in [7, 11) is -3.13. The Kier molecular flexibility index (Phi) is 7.28. The van der Waals surface area contributed by atoms with Gasteiger partial charge < -0.3 is 5.32 Å². The Balaban J connectivity index is 3.97. The second-order valence-corrected chi connectivity index (χ2v) is 7.46. The molecule has 0 aliphatic heterocycles. The highest BCUT2D eigenvalue weighted by molar-refractivity contribution is 7.89. The molecule has 4 nitrogen and oxygen atoms in total. The summed E-state index contributed by atoms with van der Waals surface area (Å²) in [5.74, 6) is 0.221. The first kappa shape index (κ1) is 16.9. The Morgan fingerprint density at radius 1 is 1.18 bits per heavy atom. The van der Waals surface area contributed by atoms with Crippen LogP contribution in [0.5, 0.6) is 0 Å². The highest BCUT2D eigenvalue weighted by Gasteiger charge is 2.24. The molecule has 0 amide bonds. The maximum atomic E-state index is 11.8. The lowest BCUT2D eigenvalue weighted by atomic mass is 9.89. The molecule has 0 aliphatic rings. The number of nitrogens with one attached hydrogen (secondary N) is 2. The van der Waals surface area contributed by atoms with Crippen molar-refractivity contribution in [3.63, 3.8) is 0 Å². The van der Waals surface area contributed by atoms with Crippen molar-refractivity contribution in [1.82, 2.24) is 10.0 Å². The first-order valence-corrected chi connectivity index (χ1v) is 8.05. The van der Waals surface area contributed by atoms with E-state index in [9.17, 15) is 8.42 Å². The summed E-state index contributed by atoms with van der Waals surface area (Å²) >= 11 is 0. The summed E-state index contributed by atoms with van der Waals surface area (Å²) in [5, 5.41) is 3.18. The molecule has 2 N–H and O–H groups in total. The molecule has 0 aromatic rings. The van der Waals surface area contributed by atoms with Crippen molar-refractivity contribution in [2.45, 2.75) is 53.5 Å². The summed E-state index contributed by atoms with van der Waals surface area (Å²) < 4.78 is 26.3. The van der Waals surface area contributed by atoms with E-state index in [1.54, 1.807) is 0 Å². The van der Waals surface area contributed by atoms with E-state index in [4.69, 9.17) is 0 Å². The van der Waals surface area contributed by atoms with E-state index >= 15 is 0 Å². The van der Waals surface area contributed by atoms with Crippen molar-refractivity contribution in [2.75, 3.05) is 18.8 Å². The fraction of sp³-hybridized carbons (Fsp3) is 1.00. The third-order valence-electron chi connectivity index (χ3n) is 2.92. The van der Waals surface area contributed by atoms with E-state index in [2.05, 4.69) is 10.0 Å². The lowest BCUT2D eigenvalue weighted by molar-refractivity contribution is 0.317. The van der Waals surface area contributed by atoms with Gasteiger partial charge in [0.15, 0.2) is 0 Å². The zero-order valence-corrected chi connectivity index (χ0v) is 12.7. The number of unbranched alkanes of at least 4 members (excludes halogenated alkanes) is 1. The summed E-state index contributed by atoms with van der Waals surface area (Å²) in [5.41, 5.74) is -0.0448. The van der Waals surface area contributed by atoms with Crippen molar-refractivity contribution in [1.29, 1.82) is 0 Å². The van der Waals surface area contributed by atoms with Crippen LogP contribution < -0.4 is 10.0 Å². The molecule has 1 unspecified atom stereocenters. The molecule has 0 aromatic carbocycles. The van der Waals surface area contributed by atoms with Crippen LogP contribution in [0.25, 0.3) is 0 Å². The van der Waals surface area contributed by atoms with Gasteiger partial charge in [0.1, 0.15) is 0 Å². The van der Waals surface area contributed by atoms with Gasteiger partial charge in [-0.05, 0) is 38.3 Å². The Bertz CT molecular complexity index is 294. The molecule has 5 heteroatoms. The molecule has 0 fully saturated rings. The molecule has 1 atom stereocenters. The van der Waals surface area contributed by atoms with E-state index < -0.39 is 10.0 Å². The van der Waals surface area contributed by atoms with Crippen LogP contribution in [0.1, 0.15) is 47.5 Å². The molecule has 104 valence electrons. The second kappa shape index (κ2) is 7.34. The van der Waals surface area contributed by atoms with Crippen LogP contribution in [0.4, 0.5) is 0 Å². The molecule has 0 heterocycles. The van der Waals surface area contributed by atoms with E-state index in [-0.39, 0.29) is 17.2 Å². The van der Waals surface area contributed by atoms with Crippen molar-refractivity contribution in [3.05, 3.63) is 0 Å². The van der Waals surface area contributed by atoms with Crippen LogP contribution in [0.15, 0.2) is 0 Å². The van der Waals surface area contributed by atoms with Gasteiger partial charge in [-0.1, -0.05) is 27.7 Å². The lowest BCUT2D eigenvalue weighted by Crippen LogP contribution is -2.42. The van der Waals surface area contributed by atoms with Gasteiger partial charge >= 0.3 is 0 Å². The monoisotopic (exact) mass is 264 g/mol. The molecular weight excluding hydrogens is 236 g/mol. The fourth-order valence-corrected chi connectivity index (χ4v) is 2.82. The van der Waals surface area contributed by atoms with Gasteiger partial charge in [0.2, 0.25) is 10.0 Å². The van der Waals surface area contributed by atoms with Gasteiger partial charge in [0.25, 0.3) is 0 Å². The van der Waals surface area contributed by atoms with Gasteiger partial charge in [-0.2, -0.15) is 0 Å². The van der Waals surface area contributed by atoms with E-state index in [1.807, 2.05) is 34.6 Å². The van der Waals surface area contributed by atoms with Gasteiger partial charge in [-0.3, -0.25) is 0 Å². The minimum absolute atomic E-state index is 0.0405. The third-order valence-corrected chi connectivity index (χ3v) is 4.46. The van der Waals surface area contributed by atoms with Crippen LogP contribution in [0.3, 0.4) is 0 Å². The summed E-state index contributed by atoms with van der Waals surface area (Å²) in [4.78, 5) is 0. The van der Waals surface area contributed by atoms with Crippen LogP contribution in [0.2, 0.25) is 0 Å². The van der Waals surface area contributed by atoms with Crippen molar-refractivity contribution >= 4 is 10.0 Å². The zero-order chi connectivity index (χ0) is 13.5. The Morgan fingerprint density at radius 3 is 2.24 bits per heavy atom. The average molecular weight is 264 g/mol. The van der Waals surface area contributed by atoms with Gasteiger partial charge in [0.05, 0.1) is 5.75 Å². The Morgan fingerprint density at radius 2 is 1.76 bits per heavy atom. The number of hydrogen-bond donors (Lipinski definition) is 2. The predicted molar refractivity (Wildman–Crippen MR) is 73.6 cm³/mol. The van der Waals surface area contributed by atoms with Crippen molar-refractivity contribution in [2.24, 2.45) is 5.41 Å². The largest absolute Gasteiger partial charge is 0.317 e. The summed E-state index contributed by atoms with van der Waals surface area (Å²) in [6.07, 6.45) is 1.61. The summed E-state index contributed by atoms with van der Waals surface area (Å²) in [6.45, 7) is 11.9. The number of rotatable bonds is 8. The molecule has 0 saturated heterocycles. The standard InChI is InChI=1S/C12H28N2O2S/c1-6-13-9-7-8-10-17(15,16)14-11(2)12(3,4)5/h11,13-14H,6-10H2,1-5H3. The highest BCUT2D eigenvalue weighted by Crippen LogP contribution is 2.19. The highest BCUT2D eigenvalue weighted by atomic mass is 32.2. The first-order valence-electron chi connectivity index (χ1n) is 6.40. The van der Waals surface area contributed by atoms with Crippen LogP contribution in [-0.4, -0.2) is 33.3 Å². The molecule has 0 spiro atoms. The molecule has 0 rings (SSSR count). The SMILES string of the molecule is CCNCCCCS(=O)(=O)NC(C)C(C)(C)C.